The largest absolute Gasteiger partial charge is 0.495 e. The van der Waals surface area contributed by atoms with Gasteiger partial charge in [0.15, 0.2) is 15.7 Å². The molecule has 0 saturated heterocycles. The van der Waals surface area contributed by atoms with E-state index in [0.717, 1.165) is 0 Å². The number of sulfone groups is 1. The molecular weight excluding hydrogens is 532 g/mol. The fraction of sp³-hybridized carbons (Fsp3) is 0.346. The van der Waals surface area contributed by atoms with Gasteiger partial charge in [0.05, 0.1) is 47.9 Å². The van der Waals surface area contributed by atoms with Crippen molar-refractivity contribution >= 4 is 50.5 Å². The zero-order valence-corrected chi connectivity index (χ0v) is 23.2. The molecule has 0 saturated carbocycles. The maximum atomic E-state index is 12.8. The highest BCUT2D eigenvalue weighted by Crippen LogP contribution is 2.32. The smallest absolute Gasteiger partial charge is 0.310 e. The molecule has 2 aromatic carbocycles. The summed E-state index contributed by atoms with van der Waals surface area (Å²) in [5.74, 6) is 0.504. The molecule has 0 fully saturated rings. The molecule has 2 N–H and O–H groups in total. The minimum atomic E-state index is -3.56. The van der Waals surface area contributed by atoms with E-state index in [4.69, 9.17) is 25.8 Å². The lowest BCUT2D eigenvalue weighted by atomic mass is 10.1. The van der Waals surface area contributed by atoms with Crippen LogP contribution in [-0.2, 0) is 30.5 Å². The molecule has 204 valence electrons. The highest BCUT2D eigenvalue weighted by atomic mass is 35.5. The number of hydrogen-bond acceptors (Lipinski definition) is 10. The normalized spacial score (nSPS) is 11.3. The summed E-state index contributed by atoms with van der Waals surface area (Å²) >= 11 is 6.33. The molecule has 0 amide bonds. The van der Waals surface area contributed by atoms with Crippen LogP contribution in [-0.4, -0.2) is 56.5 Å². The first kappa shape index (κ1) is 29.2. The number of para-hydroxylation sites is 1. The molecule has 0 spiro atoms. The predicted octanol–water partition coefficient (Wildman–Crippen LogP) is 4.93. The van der Waals surface area contributed by atoms with Crippen LogP contribution in [0.25, 0.3) is 0 Å². The van der Waals surface area contributed by atoms with Crippen LogP contribution < -0.4 is 15.4 Å². The highest BCUT2D eigenvalue weighted by Gasteiger charge is 2.23. The lowest BCUT2D eigenvalue weighted by molar-refractivity contribution is -0.144. The van der Waals surface area contributed by atoms with Crippen LogP contribution in [0.3, 0.4) is 0 Å². The van der Waals surface area contributed by atoms with Gasteiger partial charge in [-0.2, -0.15) is 4.98 Å². The third-order valence-corrected chi connectivity index (χ3v) is 7.85. The molecule has 0 aliphatic rings. The zero-order valence-electron chi connectivity index (χ0n) is 21.7. The molecule has 1 aromatic heterocycles. The number of rotatable bonds is 13. The van der Waals surface area contributed by atoms with Gasteiger partial charge in [-0.3, -0.25) is 4.79 Å². The van der Waals surface area contributed by atoms with Crippen molar-refractivity contribution in [2.45, 2.75) is 37.3 Å². The number of nitrogens with one attached hydrogen (secondary N) is 2. The maximum Gasteiger partial charge on any atom is 0.310 e. The van der Waals surface area contributed by atoms with E-state index in [0.29, 0.717) is 35.9 Å². The molecule has 0 bridgehead atoms. The standard InChI is InChI=1S/C26H31ClN4O6S/c1-5-36-12-13-37-24(32)15-18-10-11-22(35-4)21(14-18)30-26-28-16-19(27)25(31-26)29-20-8-6-7-9-23(20)38(33,34)17(2)3/h6-11,14,16-17H,5,12-13,15H2,1-4H3,(H2,28,29,30,31). The lowest BCUT2D eigenvalue weighted by Crippen LogP contribution is -2.15. The minimum absolute atomic E-state index is 0.0557. The Balaban J connectivity index is 1.82. The molecule has 0 aliphatic heterocycles. The van der Waals surface area contributed by atoms with Gasteiger partial charge in [-0.15, -0.1) is 0 Å². The van der Waals surface area contributed by atoms with Crippen LogP contribution in [0.15, 0.2) is 53.6 Å². The van der Waals surface area contributed by atoms with Gasteiger partial charge in [0, 0.05) is 6.61 Å². The van der Waals surface area contributed by atoms with Gasteiger partial charge in [0.25, 0.3) is 0 Å². The molecule has 0 radical (unpaired) electrons. The van der Waals surface area contributed by atoms with Crippen LogP contribution in [0.2, 0.25) is 5.02 Å². The van der Waals surface area contributed by atoms with Gasteiger partial charge in [-0.25, -0.2) is 13.4 Å². The van der Waals surface area contributed by atoms with Crippen LogP contribution in [0.1, 0.15) is 26.3 Å². The topological polar surface area (TPSA) is 129 Å². The Kier molecular flexibility index (Phi) is 10.3. The first-order valence-corrected chi connectivity index (χ1v) is 13.9. The number of carbonyl (C=O) groups excluding carboxylic acids is 1. The Morgan fingerprint density at radius 3 is 2.55 bits per heavy atom. The molecule has 3 aromatic rings. The Morgan fingerprint density at radius 2 is 1.84 bits per heavy atom. The first-order valence-electron chi connectivity index (χ1n) is 12.0. The molecule has 10 nitrogen and oxygen atoms in total. The van der Waals surface area contributed by atoms with Crippen molar-refractivity contribution in [3.05, 3.63) is 59.2 Å². The molecule has 0 unspecified atom stereocenters. The van der Waals surface area contributed by atoms with Crippen molar-refractivity contribution in [2.24, 2.45) is 0 Å². The van der Waals surface area contributed by atoms with E-state index >= 15 is 0 Å². The van der Waals surface area contributed by atoms with Crippen molar-refractivity contribution < 1.29 is 27.4 Å². The lowest BCUT2D eigenvalue weighted by Gasteiger charge is -2.16. The second-order valence-corrected chi connectivity index (χ2v) is 11.2. The number of benzene rings is 2. The second kappa shape index (κ2) is 13.4. The number of esters is 1. The Hall–Kier alpha value is -3.41. The van der Waals surface area contributed by atoms with Crippen LogP contribution >= 0.6 is 11.6 Å². The number of halogens is 1. The molecule has 12 heteroatoms. The molecule has 0 atom stereocenters. The molecule has 1 heterocycles. The number of aromatic nitrogens is 2. The van der Waals surface area contributed by atoms with Gasteiger partial charge in [-0.05, 0) is 50.6 Å². The summed E-state index contributed by atoms with van der Waals surface area (Å²) in [7, 11) is -2.04. The average molecular weight is 563 g/mol. The maximum absolute atomic E-state index is 12.8. The van der Waals surface area contributed by atoms with Crippen LogP contribution in [0, 0.1) is 0 Å². The minimum Gasteiger partial charge on any atom is -0.495 e. The Labute approximate surface area is 227 Å². The number of hydrogen-bond donors (Lipinski definition) is 2. The van der Waals surface area contributed by atoms with Crippen molar-refractivity contribution in [3.63, 3.8) is 0 Å². The highest BCUT2D eigenvalue weighted by molar-refractivity contribution is 7.92. The summed E-state index contributed by atoms with van der Waals surface area (Å²) in [4.78, 5) is 21.0. The fourth-order valence-corrected chi connectivity index (χ4v) is 4.71. The number of methoxy groups -OCH3 is 1. The zero-order chi connectivity index (χ0) is 27.7. The molecule has 0 aliphatic carbocycles. The number of carbonyl (C=O) groups is 1. The van der Waals surface area contributed by atoms with Crippen LogP contribution in [0.5, 0.6) is 5.75 Å². The van der Waals surface area contributed by atoms with Crippen molar-refractivity contribution in [1.82, 2.24) is 9.97 Å². The SMILES string of the molecule is CCOCCOC(=O)Cc1ccc(OC)c(Nc2ncc(Cl)c(Nc3ccccc3S(=O)(=O)C(C)C)n2)c1. The van der Waals surface area contributed by atoms with Crippen LogP contribution in [0.4, 0.5) is 23.1 Å². The van der Waals surface area contributed by atoms with Gasteiger partial charge in [0.1, 0.15) is 17.4 Å². The first-order chi connectivity index (χ1) is 18.1. The van der Waals surface area contributed by atoms with E-state index in [1.165, 1.54) is 19.4 Å². The van der Waals surface area contributed by atoms with Crippen molar-refractivity contribution in [1.29, 1.82) is 0 Å². The van der Waals surface area contributed by atoms with E-state index in [1.807, 2.05) is 6.92 Å². The Bertz CT molecular complexity index is 1370. The summed E-state index contributed by atoms with van der Waals surface area (Å²) in [5, 5.41) is 5.69. The van der Waals surface area contributed by atoms with Gasteiger partial charge >= 0.3 is 5.97 Å². The monoisotopic (exact) mass is 562 g/mol. The number of ether oxygens (including phenoxy) is 3. The molecule has 38 heavy (non-hydrogen) atoms. The second-order valence-electron chi connectivity index (χ2n) is 8.36. The quantitative estimate of drug-likeness (QED) is 0.218. The third kappa shape index (κ3) is 7.56. The number of anilines is 4. The van der Waals surface area contributed by atoms with E-state index in [2.05, 4.69) is 20.6 Å². The molecule has 3 rings (SSSR count). The summed E-state index contributed by atoms with van der Waals surface area (Å²) in [6.07, 6.45) is 1.45. The fourth-order valence-electron chi connectivity index (χ4n) is 3.37. The van der Waals surface area contributed by atoms with E-state index in [9.17, 15) is 13.2 Å². The van der Waals surface area contributed by atoms with Crippen molar-refractivity contribution in [2.75, 3.05) is 37.6 Å². The van der Waals surface area contributed by atoms with E-state index in [1.54, 1.807) is 50.2 Å². The van der Waals surface area contributed by atoms with E-state index < -0.39 is 15.1 Å². The summed E-state index contributed by atoms with van der Waals surface area (Å²) in [6.45, 7) is 6.19. The summed E-state index contributed by atoms with van der Waals surface area (Å²) in [6, 6.07) is 11.8. The predicted molar refractivity (Wildman–Crippen MR) is 147 cm³/mol. The molecular formula is C26H31ClN4O6S. The summed E-state index contributed by atoms with van der Waals surface area (Å²) in [5.41, 5.74) is 1.55. The van der Waals surface area contributed by atoms with E-state index in [-0.39, 0.29) is 40.7 Å². The number of nitrogens with zero attached hydrogens (tertiary/aromatic N) is 2. The third-order valence-electron chi connectivity index (χ3n) is 5.37. The Morgan fingerprint density at radius 1 is 1.08 bits per heavy atom. The summed E-state index contributed by atoms with van der Waals surface area (Å²) < 4.78 is 41.5. The van der Waals surface area contributed by atoms with Gasteiger partial charge in [-0.1, -0.05) is 29.8 Å². The van der Waals surface area contributed by atoms with Gasteiger partial charge in [0.2, 0.25) is 5.95 Å². The van der Waals surface area contributed by atoms with Gasteiger partial charge < -0.3 is 24.8 Å². The average Bonchev–Trinajstić information content (AvgIpc) is 2.89. The van der Waals surface area contributed by atoms with Crippen molar-refractivity contribution in [3.8, 4) is 5.75 Å².